The first kappa shape index (κ1) is 12.3. The lowest BCUT2D eigenvalue weighted by atomic mass is 9.80. The van der Waals surface area contributed by atoms with Crippen molar-refractivity contribution in [3.63, 3.8) is 0 Å². The third-order valence-corrected chi connectivity index (χ3v) is 3.97. The van der Waals surface area contributed by atoms with Gasteiger partial charge in [-0.1, -0.05) is 18.2 Å². The number of hydrogen-bond acceptors (Lipinski definition) is 5. The molecule has 2 N–H and O–H groups in total. The van der Waals surface area contributed by atoms with Gasteiger partial charge in [0.15, 0.2) is 5.75 Å². The molecule has 2 aliphatic heterocycles. The molecule has 5 heteroatoms. The minimum atomic E-state index is -0.639. The fourth-order valence-corrected chi connectivity index (χ4v) is 3.05. The number of fused-ring (bicyclic) bond motifs is 4. The van der Waals surface area contributed by atoms with Crippen LogP contribution in [0.5, 0.6) is 11.5 Å². The summed E-state index contributed by atoms with van der Waals surface area (Å²) in [6, 6.07) is 9.80. The lowest BCUT2D eigenvalue weighted by Gasteiger charge is -2.39. The summed E-state index contributed by atoms with van der Waals surface area (Å²) in [7, 11) is 0. The van der Waals surface area contributed by atoms with Gasteiger partial charge in [0.25, 0.3) is 0 Å². The van der Waals surface area contributed by atoms with E-state index in [-0.39, 0.29) is 0 Å². The van der Waals surface area contributed by atoms with Crippen LogP contribution < -0.4 is 10.5 Å². The molecule has 2 aromatic rings. The van der Waals surface area contributed by atoms with E-state index in [4.69, 9.17) is 20.2 Å². The number of aliphatic imine (C=N–C) groups is 1. The van der Waals surface area contributed by atoms with Crippen LogP contribution in [0.1, 0.15) is 16.8 Å². The topological polar surface area (TPSA) is 69.7 Å². The van der Waals surface area contributed by atoms with Gasteiger partial charge in [0.05, 0.1) is 12.3 Å². The lowest BCUT2D eigenvalue weighted by molar-refractivity contribution is 0.109. The van der Waals surface area contributed by atoms with E-state index in [1.807, 2.05) is 37.3 Å². The Labute approximate surface area is 122 Å². The summed E-state index contributed by atoms with van der Waals surface area (Å²) in [5.74, 6) is 2.03. The minimum absolute atomic E-state index is 0.365. The third kappa shape index (κ3) is 1.67. The van der Waals surface area contributed by atoms with Crippen molar-refractivity contribution in [1.29, 1.82) is 0 Å². The molecule has 0 fully saturated rings. The first-order valence-corrected chi connectivity index (χ1v) is 6.86. The van der Waals surface area contributed by atoms with E-state index in [1.165, 1.54) is 0 Å². The number of benzene rings is 1. The molecule has 1 aromatic carbocycles. The van der Waals surface area contributed by atoms with E-state index >= 15 is 0 Å². The highest BCUT2D eigenvalue weighted by Gasteiger charge is 2.45. The van der Waals surface area contributed by atoms with Crippen LogP contribution in [0.3, 0.4) is 0 Å². The quantitative estimate of drug-likeness (QED) is 0.803. The molecule has 21 heavy (non-hydrogen) atoms. The smallest absolute Gasteiger partial charge is 0.154 e. The largest absolute Gasteiger partial charge is 0.455 e. The average Bonchev–Trinajstić information content (AvgIpc) is 2.49. The van der Waals surface area contributed by atoms with Crippen LogP contribution in [0.15, 0.2) is 41.5 Å². The lowest BCUT2D eigenvalue weighted by Crippen LogP contribution is -2.42. The molecule has 0 saturated carbocycles. The minimum Gasteiger partial charge on any atom is -0.455 e. The highest BCUT2D eigenvalue weighted by molar-refractivity contribution is 5.83. The van der Waals surface area contributed by atoms with Gasteiger partial charge < -0.3 is 15.2 Å². The van der Waals surface area contributed by atoms with Crippen molar-refractivity contribution in [3.05, 3.63) is 53.3 Å². The number of nitrogens with two attached hydrogens (primary N) is 1. The van der Waals surface area contributed by atoms with Crippen molar-refractivity contribution in [3.8, 4) is 11.5 Å². The third-order valence-electron chi connectivity index (χ3n) is 3.97. The van der Waals surface area contributed by atoms with E-state index in [1.54, 1.807) is 6.20 Å². The van der Waals surface area contributed by atoms with Crippen LogP contribution >= 0.6 is 0 Å². The number of rotatable bonds is 0. The van der Waals surface area contributed by atoms with Gasteiger partial charge in [0, 0.05) is 17.3 Å². The molecule has 1 atom stereocenters. The van der Waals surface area contributed by atoms with Gasteiger partial charge >= 0.3 is 0 Å². The summed E-state index contributed by atoms with van der Waals surface area (Å²) < 4.78 is 11.7. The number of amidine groups is 1. The molecule has 5 nitrogen and oxygen atoms in total. The Morgan fingerprint density at radius 3 is 2.90 bits per heavy atom. The molecule has 2 aliphatic rings. The number of nitrogens with zero attached hydrogens (tertiary/aromatic N) is 2. The zero-order valence-electron chi connectivity index (χ0n) is 11.7. The number of pyridine rings is 1. The Hall–Kier alpha value is -2.40. The number of aromatic nitrogens is 1. The van der Waals surface area contributed by atoms with Crippen LogP contribution in [0.25, 0.3) is 0 Å². The van der Waals surface area contributed by atoms with Crippen LogP contribution in [-0.2, 0) is 10.3 Å². The van der Waals surface area contributed by atoms with E-state index < -0.39 is 5.54 Å². The van der Waals surface area contributed by atoms with Crippen molar-refractivity contribution >= 4 is 5.84 Å². The van der Waals surface area contributed by atoms with Gasteiger partial charge in [-0.25, -0.2) is 0 Å². The van der Waals surface area contributed by atoms with Gasteiger partial charge in [-0.2, -0.15) is 0 Å². The molecule has 1 spiro atoms. The number of ether oxygens (including phenoxy) is 2. The van der Waals surface area contributed by atoms with E-state index in [0.29, 0.717) is 19.0 Å². The molecule has 1 aromatic heterocycles. The predicted octanol–water partition coefficient (Wildman–Crippen LogP) is 2.13. The molecule has 0 saturated heterocycles. The summed E-state index contributed by atoms with van der Waals surface area (Å²) in [6.45, 7) is 2.74. The zero-order chi connectivity index (χ0) is 14.4. The van der Waals surface area contributed by atoms with Crippen LogP contribution in [0.4, 0.5) is 0 Å². The number of aryl methyl sites for hydroxylation is 1. The predicted molar refractivity (Wildman–Crippen MR) is 78.7 cm³/mol. The van der Waals surface area contributed by atoms with E-state index in [0.717, 1.165) is 28.3 Å². The highest BCUT2D eigenvalue weighted by Crippen LogP contribution is 2.50. The normalized spacial score (nSPS) is 23.0. The monoisotopic (exact) mass is 281 g/mol. The Morgan fingerprint density at radius 2 is 2.05 bits per heavy atom. The fourth-order valence-electron chi connectivity index (χ4n) is 3.05. The van der Waals surface area contributed by atoms with Gasteiger partial charge in [0.2, 0.25) is 0 Å². The molecule has 0 amide bonds. The average molecular weight is 281 g/mol. The Bertz CT molecular complexity index is 757. The summed E-state index contributed by atoms with van der Waals surface area (Å²) >= 11 is 0. The number of hydrogen-bond donors (Lipinski definition) is 1. The first-order chi connectivity index (χ1) is 10.2. The maximum atomic E-state index is 6.04. The molecular weight excluding hydrogens is 266 g/mol. The van der Waals surface area contributed by atoms with E-state index in [2.05, 4.69) is 4.98 Å². The van der Waals surface area contributed by atoms with Gasteiger partial charge in [-0.15, -0.1) is 0 Å². The Balaban J connectivity index is 2.06. The van der Waals surface area contributed by atoms with Gasteiger partial charge in [-0.3, -0.25) is 9.98 Å². The molecule has 0 bridgehead atoms. The standard InChI is InChI=1S/C16H15N3O2/c1-10-15-12(6-7-18-10)16(9-20-8-14(17)19-16)11-4-2-3-5-13(11)21-15/h2-7H,8-9H2,1H3,(H2,17,19). The Morgan fingerprint density at radius 1 is 1.19 bits per heavy atom. The van der Waals surface area contributed by atoms with Crippen molar-refractivity contribution in [2.45, 2.75) is 12.5 Å². The van der Waals surface area contributed by atoms with Crippen molar-refractivity contribution < 1.29 is 9.47 Å². The maximum Gasteiger partial charge on any atom is 0.154 e. The van der Waals surface area contributed by atoms with Crippen molar-refractivity contribution in [2.24, 2.45) is 10.7 Å². The second kappa shape index (κ2) is 4.30. The zero-order valence-corrected chi connectivity index (χ0v) is 11.7. The van der Waals surface area contributed by atoms with Crippen molar-refractivity contribution in [1.82, 2.24) is 4.98 Å². The summed E-state index contributed by atoms with van der Waals surface area (Å²) in [4.78, 5) is 9.08. The van der Waals surface area contributed by atoms with Crippen molar-refractivity contribution in [2.75, 3.05) is 13.2 Å². The van der Waals surface area contributed by atoms with Gasteiger partial charge in [0.1, 0.15) is 23.7 Å². The SMILES string of the molecule is Cc1nccc2c1Oc1ccccc1C21COCC(N)=N1. The molecule has 106 valence electrons. The first-order valence-electron chi connectivity index (χ1n) is 6.86. The van der Waals surface area contributed by atoms with Gasteiger partial charge in [-0.05, 0) is 19.1 Å². The van der Waals surface area contributed by atoms with Crippen LogP contribution in [-0.4, -0.2) is 24.0 Å². The summed E-state index contributed by atoms with van der Waals surface area (Å²) in [5, 5.41) is 0. The number of para-hydroxylation sites is 1. The molecule has 4 rings (SSSR count). The van der Waals surface area contributed by atoms with E-state index in [9.17, 15) is 0 Å². The molecule has 0 aliphatic carbocycles. The molecule has 1 unspecified atom stereocenters. The highest BCUT2D eigenvalue weighted by atomic mass is 16.5. The van der Waals surface area contributed by atoms with Crippen LogP contribution in [0, 0.1) is 6.92 Å². The maximum absolute atomic E-state index is 6.04. The molecule has 3 heterocycles. The molecule has 0 radical (unpaired) electrons. The second-order valence-electron chi connectivity index (χ2n) is 5.33. The molecular formula is C16H15N3O2. The Kier molecular flexibility index (Phi) is 2.53. The fraction of sp³-hybridized carbons (Fsp3) is 0.250. The summed E-state index contributed by atoms with van der Waals surface area (Å²) in [5.41, 5.74) is 8.09. The summed E-state index contributed by atoms with van der Waals surface area (Å²) in [6.07, 6.45) is 1.77. The van der Waals surface area contributed by atoms with Crippen LogP contribution in [0.2, 0.25) is 0 Å². The second-order valence-corrected chi connectivity index (χ2v) is 5.33.